The van der Waals surface area contributed by atoms with Gasteiger partial charge in [-0.25, -0.2) is 0 Å². The molecule has 1 aromatic carbocycles. The van der Waals surface area contributed by atoms with Crippen molar-refractivity contribution >= 4 is 16.9 Å². The van der Waals surface area contributed by atoms with Gasteiger partial charge in [-0.15, -0.1) is 0 Å². The summed E-state index contributed by atoms with van der Waals surface area (Å²) in [5.74, 6) is -0.266. The van der Waals surface area contributed by atoms with Gasteiger partial charge in [-0.05, 0) is 43.7 Å². The third-order valence-corrected chi connectivity index (χ3v) is 4.30. The largest absolute Gasteiger partial charge is 0.451 e. The predicted molar refractivity (Wildman–Crippen MR) is 96.7 cm³/mol. The number of fused-ring (bicyclic) bond motifs is 1. The molecule has 0 saturated carbocycles. The lowest BCUT2D eigenvalue weighted by Gasteiger charge is -2.24. The Morgan fingerprint density at radius 3 is 2.76 bits per heavy atom. The van der Waals surface area contributed by atoms with Crippen molar-refractivity contribution in [1.82, 2.24) is 9.88 Å². The van der Waals surface area contributed by atoms with Crippen molar-refractivity contribution < 1.29 is 9.21 Å². The topological polar surface area (TPSA) is 63.4 Å². The Balaban J connectivity index is 1.83. The Labute approximate surface area is 145 Å². The Morgan fingerprint density at radius 2 is 2.00 bits per heavy atom. The molecule has 3 rings (SSSR count). The van der Waals surface area contributed by atoms with Crippen LogP contribution in [0.15, 0.2) is 57.9 Å². The molecule has 5 nitrogen and oxygen atoms in total. The van der Waals surface area contributed by atoms with E-state index in [0.717, 1.165) is 11.3 Å². The first-order valence-corrected chi connectivity index (χ1v) is 8.17. The average molecular weight is 336 g/mol. The molecular formula is C20H20N2O3. The SMILES string of the molecule is Cc1ccnc(C[C@@H](C)N(C)C(=O)c2cc(=O)c3ccccc3o2)c1. The third kappa shape index (κ3) is 3.60. The van der Waals surface area contributed by atoms with Crippen LogP contribution in [0.1, 0.15) is 28.7 Å². The van der Waals surface area contributed by atoms with Gasteiger partial charge in [0.05, 0.1) is 5.39 Å². The molecule has 0 fully saturated rings. The molecule has 1 atom stereocenters. The molecule has 0 saturated heterocycles. The first-order valence-electron chi connectivity index (χ1n) is 8.17. The second kappa shape index (κ2) is 6.89. The number of para-hydroxylation sites is 1. The van der Waals surface area contributed by atoms with Crippen LogP contribution in [0.5, 0.6) is 0 Å². The second-order valence-corrected chi connectivity index (χ2v) is 6.26. The molecule has 5 heteroatoms. The lowest BCUT2D eigenvalue weighted by atomic mass is 10.1. The number of carbonyl (C=O) groups excluding carboxylic acids is 1. The Bertz CT molecular complexity index is 978. The maximum atomic E-state index is 12.7. The number of hydrogen-bond acceptors (Lipinski definition) is 4. The smallest absolute Gasteiger partial charge is 0.289 e. The van der Waals surface area contributed by atoms with Gasteiger partial charge >= 0.3 is 0 Å². The minimum atomic E-state index is -0.317. The van der Waals surface area contributed by atoms with Crippen molar-refractivity contribution in [2.24, 2.45) is 0 Å². The summed E-state index contributed by atoms with van der Waals surface area (Å²) in [6.07, 6.45) is 2.39. The van der Waals surface area contributed by atoms with Gasteiger partial charge in [0.1, 0.15) is 5.58 Å². The Kier molecular flexibility index (Phi) is 4.65. The molecule has 2 aromatic heterocycles. The van der Waals surface area contributed by atoms with Crippen LogP contribution in [0.4, 0.5) is 0 Å². The molecule has 1 amide bonds. The summed E-state index contributed by atoms with van der Waals surface area (Å²) in [5, 5.41) is 0.471. The monoisotopic (exact) mass is 336 g/mol. The van der Waals surface area contributed by atoms with Crippen molar-refractivity contribution in [3.8, 4) is 0 Å². The van der Waals surface area contributed by atoms with E-state index in [-0.39, 0.29) is 23.1 Å². The first kappa shape index (κ1) is 16.9. The van der Waals surface area contributed by atoms with Gasteiger partial charge in [0.2, 0.25) is 0 Å². The second-order valence-electron chi connectivity index (χ2n) is 6.26. The van der Waals surface area contributed by atoms with E-state index in [1.54, 1.807) is 42.4 Å². The van der Waals surface area contributed by atoms with E-state index in [0.29, 0.717) is 17.4 Å². The highest BCUT2D eigenvalue weighted by molar-refractivity contribution is 5.93. The summed E-state index contributed by atoms with van der Waals surface area (Å²) < 4.78 is 5.64. The van der Waals surface area contributed by atoms with Crippen LogP contribution in [-0.2, 0) is 6.42 Å². The number of hydrogen-bond donors (Lipinski definition) is 0. The van der Waals surface area contributed by atoms with E-state index in [9.17, 15) is 9.59 Å². The molecule has 0 spiro atoms. The lowest BCUT2D eigenvalue weighted by Crippen LogP contribution is -2.37. The van der Waals surface area contributed by atoms with Crippen molar-refractivity contribution in [2.45, 2.75) is 26.3 Å². The van der Waals surface area contributed by atoms with Gasteiger partial charge in [-0.1, -0.05) is 12.1 Å². The molecule has 0 N–H and O–H groups in total. The van der Waals surface area contributed by atoms with Gasteiger partial charge in [-0.3, -0.25) is 14.6 Å². The standard InChI is InChI=1S/C20H20N2O3/c1-13-8-9-21-15(10-13)11-14(2)22(3)20(24)19-12-17(23)16-6-4-5-7-18(16)25-19/h4-10,12,14H,11H2,1-3H3/t14-/m1/s1. The fourth-order valence-electron chi connectivity index (χ4n) is 2.73. The normalized spacial score (nSPS) is 12.1. The highest BCUT2D eigenvalue weighted by atomic mass is 16.3. The van der Waals surface area contributed by atoms with Crippen molar-refractivity contribution in [1.29, 1.82) is 0 Å². The number of carbonyl (C=O) groups is 1. The lowest BCUT2D eigenvalue weighted by molar-refractivity contribution is 0.0711. The van der Waals surface area contributed by atoms with E-state index in [4.69, 9.17) is 4.42 Å². The van der Waals surface area contributed by atoms with Crippen molar-refractivity contribution in [3.63, 3.8) is 0 Å². The van der Waals surface area contributed by atoms with Crippen LogP contribution in [0.25, 0.3) is 11.0 Å². The quantitative estimate of drug-likeness (QED) is 0.734. The number of rotatable bonds is 4. The van der Waals surface area contributed by atoms with E-state index in [1.807, 2.05) is 26.0 Å². The molecule has 0 unspecified atom stereocenters. The summed E-state index contributed by atoms with van der Waals surface area (Å²) in [5.41, 5.74) is 2.25. The maximum Gasteiger partial charge on any atom is 0.289 e. The minimum Gasteiger partial charge on any atom is -0.451 e. The number of amides is 1. The van der Waals surface area contributed by atoms with Crippen LogP contribution in [0.3, 0.4) is 0 Å². The predicted octanol–water partition coefficient (Wildman–Crippen LogP) is 3.20. The van der Waals surface area contributed by atoms with Crippen molar-refractivity contribution in [3.05, 3.63) is 75.9 Å². The Morgan fingerprint density at radius 1 is 1.24 bits per heavy atom. The van der Waals surface area contributed by atoms with E-state index >= 15 is 0 Å². The maximum absolute atomic E-state index is 12.7. The average Bonchev–Trinajstić information content (AvgIpc) is 2.60. The minimum absolute atomic E-state index is 0.0512. The summed E-state index contributed by atoms with van der Waals surface area (Å²) in [6.45, 7) is 3.95. The number of pyridine rings is 1. The van der Waals surface area contributed by atoms with Crippen LogP contribution in [-0.4, -0.2) is 28.9 Å². The van der Waals surface area contributed by atoms with E-state index in [1.165, 1.54) is 6.07 Å². The van der Waals surface area contributed by atoms with Gasteiger partial charge in [0.25, 0.3) is 5.91 Å². The van der Waals surface area contributed by atoms with Gasteiger partial charge in [0, 0.05) is 37.5 Å². The van der Waals surface area contributed by atoms with Gasteiger partial charge < -0.3 is 9.32 Å². The molecule has 0 aliphatic rings. The number of nitrogens with zero attached hydrogens (tertiary/aromatic N) is 2. The number of aryl methyl sites for hydroxylation is 1. The zero-order chi connectivity index (χ0) is 18.0. The number of likely N-dealkylation sites (N-methyl/N-ethyl adjacent to an activating group) is 1. The fourth-order valence-corrected chi connectivity index (χ4v) is 2.73. The zero-order valence-corrected chi connectivity index (χ0v) is 14.5. The van der Waals surface area contributed by atoms with E-state index in [2.05, 4.69) is 4.98 Å². The molecule has 0 bridgehead atoms. The molecule has 128 valence electrons. The highest BCUT2D eigenvalue weighted by Gasteiger charge is 2.21. The van der Waals surface area contributed by atoms with Crippen LogP contribution in [0, 0.1) is 6.92 Å². The summed E-state index contributed by atoms with van der Waals surface area (Å²) in [7, 11) is 1.71. The summed E-state index contributed by atoms with van der Waals surface area (Å²) in [4.78, 5) is 30.8. The number of aromatic nitrogens is 1. The Hall–Kier alpha value is -2.95. The summed E-state index contributed by atoms with van der Waals surface area (Å²) in [6, 6.07) is 12.0. The summed E-state index contributed by atoms with van der Waals surface area (Å²) >= 11 is 0. The van der Waals surface area contributed by atoms with Crippen molar-refractivity contribution in [2.75, 3.05) is 7.05 Å². The highest BCUT2D eigenvalue weighted by Crippen LogP contribution is 2.15. The molecule has 0 aliphatic carbocycles. The molecule has 0 radical (unpaired) electrons. The third-order valence-electron chi connectivity index (χ3n) is 4.30. The molecule has 25 heavy (non-hydrogen) atoms. The van der Waals surface area contributed by atoms with Crippen LogP contribution in [0.2, 0.25) is 0 Å². The molecular weight excluding hydrogens is 316 g/mol. The van der Waals surface area contributed by atoms with Gasteiger partial charge in [-0.2, -0.15) is 0 Å². The fraction of sp³-hybridized carbons (Fsp3) is 0.250. The van der Waals surface area contributed by atoms with Gasteiger partial charge in [0.15, 0.2) is 11.2 Å². The molecule has 3 aromatic rings. The molecule has 2 heterocycles. The van der Waals surface area contributed by atoms with Crippen LogP contribution >= 0.6 is 0 Å². The number of benzene rings is 1. The first-order chi connectivity index (χ1) is 12.0. The van der Waals surface area contributed by atoms with Crippen LogP contribution < -0.4 is 5.43 Å². The zero-order valence-electron chi connectivity index (χ0n) is 14.5. The van der Waals surface area contributed by atoms with E-state index < -0.39 is 0 Å². The molecule has 0 aliphatic heterocycles.